The van der Waals surface area contributed by atoms with Crippen LogP contribution >= 0.6 is 11.6 Å². The summed E-state index contributed by atoms with van der Waals surface area (Å²) in [6.45, 7) is 4.67. The number of fused-ring (bicyclic) bond motifs is 1. The Balaban J connectivity index is 1.79. The van der Waals surface area contributed by atoms with E-state index in [1.807, 2.05) is 43.3 Å². The molecule has 3 rings (SSSR count). The third-order valence-electron chi connectivity index (χ3n) is 3.28. The first kappa shape index (κ1) is 13.0. The number of anilines is 1. The highest BCUT2D eigenvalue weighted by Gasteiger charge is 2.04. The van der Waals surface area contributed by atoms with Gasteiger partial charge in [-0.25, -0.2) is 4.98 Å². The average Bonchev–Trinajstić information content (AvgIpc) is 2.77. The Hall–Kier alpha value is -2.00. The van der Waals surface area contributed by atoms with Gasteiger partial charge in [0, 0.05) is 24.2 Å². The largest absolute Gasteiger partial charge is 0.441 e. The first-order valence-corrected chi connectivity index (χ1v) is 6.86. The van der Waals surface area contributed by atoms with E-state index >= 15 is 0 Å². The molecule has 0 saturated carbocycles. The van der Waals surface area contributed by atoms with Crippen molar-refractivity contribution >= 4 is 28.4 Å². The second-order valence-corrected chi connectivity index (χ2v) is 5.28. The molecule has 0 amide bonds. The topological polar surface area (TPSA) is 38.1 Å². The number of aromatic nitrogens is 1. The summed E-state index contributed by atoms with van der Waals surface area (Å²) in [5.41, 5.74) is 5.13. The van der Waals surface area contributed by atoms with Crippen molar-refractivity contribution in [2.24, 2.45) is 0 Å². The first-order chi connectivity index (χ1) is 9.61. The van der Waals surface area contributed by atoms with Crippen LogP contribution in [0.25, 0.3) is 11.1 Å². The van der Waals surface area contributed by atoms with Crippen molar-refractivity contribution in [2.75, 3.05) is 5.32 Å². The van der Waals surface area contributed by atoms with Crippen LogP contribution in [-0.2, 0) is 6.54 Å². The fraction of sp³-hybridized carbons (Fsp3) is 0.188. The summed E-state index contributed by atoms with van der Waals surface area (Å²) in [6.07, 6.45) is 0. The van der Waals surface area contributed by atoms with Gasteiger partial charge < -0.3 is 9.73 Å². The average molecular weight is 287 g/mol. The highest BCUT2D eigenvalue weighted by atomic mass is 35.5. The molecule has 1 N–H and O–H groups in total. The molecule has 0 fully saturated rings. The molecular weight excluding hydrogens is 272 g/mol. The molecule has 0 spiro atoms. The Labute approximate surface area is 122 Å². The lowest BCUT2D eigenvalue weighted by Gasteiger charge is -2.09. The molecule has 0 saturated heterocycles. The normalized spacial score (nSPS) is 10.9. The smallest absolute Gasteiger partial charge is 0.192 e. The van der Waals surface area contributed by atoms with E-state index in [0.29, 0.717) is 5.89 Å². The summed E-state index contributed by atoms with van der Waals surface area (Å²) < 4.78 is 5.46. The highest BCUT2D eigenvalue weighted by Crippen LogP contribution is 2.21. The van der Waals surface area contributed by atoms with E-state index in [2.05, 4.69) is 17.2 Å². The minimum Gasteiger partial charge on any atom is -0.441 e. The van der Waals surface area contributed by atoms with Crippen LogP contribution < -0.4 is 5.32 Å². The van der Waals surface area contributed by atoms with Crippen molar-refractivity contribution in [1.82, 2.24) is 4.98 Å². The second kappa shape index (κ2) is 5.17. The predicted octanol–water partition coefficient (Wildman–Crippen LogP) is 4.71. The molecule has 1 heterocycles. The van der Waals surface area contributed by atoms with Crippen molar-refractivity contribution in [1.29, 1.82) is 0 Å². The van der Waals surface area contributed by atoms with Gasteiger partial charge in [0.15, 0.2) is 11.5 Å². The molecule has 2 aromatic carbocycles. The van der Waals surface area contributed by atoms with E-state index in [4.69, 9.17) is 16.0 Å². The number of nitrogens with one attached hydrogen (secondary N) is 1. The molecule has 4 heteroatoms. The molecule has 102 valence electrons. The van der Waals surface area contributed by atoms with Gasteiger partial charge in [0.05, 0.1) is 0 Å². The number of aryl methyl sites for hydroxylation is 2. The summed E-state index contributed by atoms with van der Waals surface area (Å²) >= 11 is 5.96. The SMILES string of the molecule is Cc1nc2cc(NCc3ccc(Cl)cc3C)ccc2o1. The summed E-state index contributed by atoms with van der Waals surface area (Å²) in [5.74, 6) is 0.686. The molecule has 20 heavy (non-hydrogen) atoms. The fourth-order valence-electron chi connectivity index (χ4n) is 2.21. The maximum absolute atomic E-state index is 5.96. The Morgan fingerprint density at radius 1 is 1.15 bits per heavy atom. The van der Waals surface area contributed by atoms with Gasteiger partial charge in [-0.15, -0.1) is 0 Å². The van der Waals surface area contributed by atoms with Crippen LogP contribution in [0.5, 0.6) is 0 Å². The minimum absolute atomic E-state index is 0.686. The zero-order valence-electron chi connectivity index (χ0n) is 11.4. The predicted molar refractivity (Wildman–Crippen MR) is 82.3 cm³/mol. The van der Waals surface area contributed by atoms with E-state index in [1.54, 1.807) is 0 Å². The number of benzene rings is 2. The number of hydrogen-bond donors (Lipinski definition) is 1. The third-order valence-corrected chi connectivity index (χ3v) is 3.52. The van der Waals surface area contributed by atoms with E-state index in [9.17, 15) is 0 Å². The van der Waals surface area contributed by atoms with Gasteiger partial charge in [0.25, 0.3) is 0 Å². The second-order valence-electron chi connectivity index (χ2n) is 4.84. The third kappa shape index (κ3) is 2.63. The lowest BCUT2D eigenvalue weighted by atomic mass is 10.1. The summed E-state index contributed by atoms with van der Waals surface area (Å²) in [7, 11) is 0. The zero-order chi connectivity index (χ0) is 14.1. The number of oxazole rings is 1. The number of halogens is 1. The molecular formula is C16H15ClN2O. The molecule has 1 aromatic heterocycles. The van der Waals surface area contributed by atoms with Crippen LogP contribution in [0.3, 0.4) is 0 Å². The van der Waals surface area contributed by atoms with Gasteiger partial charge >= 0.3 is 0 Å². The van der Waals surface area contributed by atoms with Crippen molar-refractivity contribution < 1.29 is 4.42 Å². The van der Waals surface area contributed by atoms with Crippen LogP contribution in [0.1, 0.15) is 17.0 Å². The van der Waals surface area contributed by atoms with E-state index in [-0.39, 0.29) is 0 Å². The molecule has 0 radical (unpaired) electrons. The molecule has 3 aromatic rings. The summed E-state index contributed by atoms with van der Waals surface area (Å²) in [5, 5.41) is 4.17. The van der Waals surface area contributed by atoms with E-state index < -0.39 is 0 Å². The molecule has 0 aliphatic heterocycles. The van der Waals surface area contributed by atoms with Crippen molar-refractivity contribution in [2.45, 2.75) is 20.4 Å². The van der Waals surface area contributed by atoms with Gasteiger partial charge in [0.1, 0.15) is 5.52 Å². The van der Waals surface area contributed by atoms with Crippen molar-refractivity contribution in [3.8, 4) is 0 Å². The van der Waals surface area contributed by atoms with Crippen LogP contribution in [-0.4, -0.2) is 4.98 Å². The van der Waals surface area contributed by atoms with Gasteiger partial charge in [-0.1, -0.05) is 17.7 Å². The first-order valence-electron chi connectivity index (χ1n) is 6.48. The highest BCUT2D eigenvalue weighted by molar-refractivity contribution is 6.30. The zero-order valence-corrected chi connectivity index (χ0v) is 12.2. The van der Waals surface area contributed by atoms with Gasteiger partial charge in [0.2, 0.25) is 0 Å². The molecule has 0 aliphatic rings. The van der Waals surface area contributed by atoms with Gasteiger partial charge in [-0.3, -0.25) is 0 Å². The standard InChI is InChI=1S/C16H15ClN2O/c1-10-7-13(17)4-3-12(10)9-18-14-5-6-16-15(8-14)19-11(2)20-16/h3-8,18H,9H2,1-2H3. The maximum atomic E-state index is 5.96. The Morgan fingerprint density at radius 3 is 2.80 bits per heavy atom. The van der Waals surface area contributed by atoms with Crippen LogP contribution in [0.4, 0.5) is 5.69 Å². The van der Waals surface area contributed by atoms with Crippen LogP contribution in [0.2, 0.25) is 5.02 Å². The monoisotopic (exact) mass is 286 g/mol. The number of hydrogen-bond acceptors (Lipinski definition) is 3. The van der Waals surface area contributed by atoms with Gasteiger partial charge in [-0.05, 0) is 48.4 Å². The number of rotatable bonds is 3. The minimum atomic E-state index is 0.686. The van der Waals surface area contributed by atoms with Crippen molar-refractivity contribution in [3.63, 3.8) is 0 Å². The van der Waals surface area contributed by atoms with E-state index in [0.717, 1.165) is 28.4 Å². The Morgan fingerprint density at radius 2 is 2.00 bits per heavy atom. The lowest BCUT2D eigenvalue weighted by molar-refractivity contribution is 0.561. The Bertz CT molecular complexity index is 764. The molecule has 0 unspecified atom stereocenters. The summed E-state index contributed by atoms with van der Waals surface area (Å²) in [4.78, 5) is 4.33. The van der Waals surface area contributed by atoms with Crippen LogP contribution in [0, 0.1) is 13.8 Å². The quantitative estimate of drug-likeness (QED) is 0.758. The molecule has 0 atom stereocenters. The summed E-state index contributed by atoms with van der Waals surface area (Å²) in [6, 6.07) is 11.9. The van der Waals surface area contributed by atoms with Crippen molar-refractivity contribution in [3.05, 3.63) is 58.4 Å². The fourth-order valence-corrected chi connectivity index (χ4v) is 2.43. The lowest BCUT2D eigenvalue weighted by Crippen LogP contribution is -2.01. The van der Waals surface area contributed by atoms with Crippen LogP contribution in [0.15, 0.2) is 40.8 Å². The molecule has 3 nitrogen and oxygen atoms in total. The molecule has 0 bridgehead atoms. The number of nitrogens with zero attached hydrogens (tertiary/aromatic N) is 1. The molecule has 0 aliphatic carbocycles. The van der Waals surface area contributed by atoms with Gasteiger partial charge in [-0.2, -0.15) is 0 Å². The maximum Gasteiger partial charge on any atom is 0.192 e. The Kier molecular flexibility index (Phi) is 3.36. The van der Waals surface area contributed by atoms with E-state index in [1.165, 1.54) is 11.1 Å².